The van der Waals surface area contributed by atoms with Gasteiger partial charge in [0.25, 0.3) is 0 Å². The Hall–Kier alpha value is -2.17. The molecule has 0 bridgehead atoms. The van der Waals surface area contributed by atoms with E-state index in [0.29, 0.717) is 5.69 Å². The summed E-state index contributed by atoms with van der Waals surface area (Å²) in [6, 6.07) is 12.7. The minimum absolute atomic E-state index is 0.0549. The third-order valence-corrected chi connectivity index (χ3v) is 3.32. The molecule has 0 amide bonds. The largest absolute Gasteiger partial charge is 0.416 e. The van der Waals surface area contributed by atoms with Crippen molar-refractivity contribution in [2.24, 2.45) is 5.11 Å². The molecule has 0 aliphatic carbocycles. The van der Waals surface area contributed by atoms with E-state index >= 15 is 0 Å². The Morgan fingerprint density at radius 2 is 1.80 bits per heavy atom. The van der Waals surface area contributed by atoms with Crippen molar-refractivity contribution >= 4 is 11.4 Å². The molecule has 2 nitrogen and oxygen atoms in total. The molecule has 102 valence electrons. The molecule has 0 radical (unpaired) electrons. The van der Waals surface area contributed by atoms with Crippen LogP contribution in [0.5, 0.6) is 0 Å². The lowest BCUT2D eigenvalue weighted by Crippen LogP contribution is -2.06. The van der Waals surface area contributed by atoms with Crippen molar-refractivity contribution in [2.45, 2.75) is 19.1 Å². The summed E-state index contributed by atoms with van der Waals surface area (Å²) in [6.45, 7) is 1.92. The molecule has 3 rings (SSSR count). The zero-order valence-corrected chi connectivity index (χ0v) is 10.7. The Balaban J connectivity index is 2.10. The molecular weight excluding hydrogens is 265 g/mol. The van der Waals surface area contributed by atoms with Gasteiger partial charge in [-0.3, -0.25) is 0 Å². The van der Waals surface area contributed by atoms with Gasteiger partial charge in [-0.15, -0.1) is 0 Å². The van der Waals surface area contributed by atoms with E-state index in [2.05, 4.69) is 5.11 Å². The first-order valence-corrected chi connectivity index (χ1v) is 6.24. The summed E-state index contributed by atoms with van der Waals surface area (Å²) in [5.74, 6) is 0. The Bertz CT molecular complexity index is 690. The van der Waals surface area contributed by atoms with Gasteiger partial charge in [0.2, 0.25) is 11.4 Å². The summed E-state index contributed by atoms with van der Waals surface area (Å²) in [4.78, 5) is 0. The molecule has 20 heavy (non-hydrogen) atoms. The number of para-hydroxylation sites is 1. The molecule has 1 atom stereocenters. The number of benzene rings is 2. The maximum atomic E-state index is 12.8. The van der Waals surface area contributed by atoms with Gasteiger partial charge in [-0.2, -0.15) is 13.2 Å². The van der Waals surface area contributed by atoms with E-state index in [9.17, 15) is 13.2 Å². The van der Waals surface area contributed by atoms with Crippen molar-refractivity contribution in [1.29, 1.82) is 0 Å². The number of hydrogen-bond acceptors (Lipinski definition) is 1. The molecule has 0 spiro atoms. The molecule has 1 unspecified atom stereocenters. The van der Waals surface area contributed by atoms with E-state index in [1.165, 1.54) is 6.07 Å². The lowest BCUT2D eigenvalue weighted by atomic mass is 10.1. The van der Waals surface area contributed by atoms with E-state index < -0.39 is 11.7 Å². The fraction of sp³-hybridized carbons (Fsp3) is 0.200. The first-order valence-electron chi connectivity index (χ1n) is 6.24. The number of alkyl halides is 3. The first-order chi connectivity index (χ1) is 9.47. The maximum absolute atomic E-state index is 12.8. The highest BCUT2D eigenvalue weighted by Gasteiger charge is 2.35. The van der Waals surface area contributed by atoms with Crippen LogP contribution >= 0.6 is 0 Å². The molecular formula is C15H12F3N2+. The molecule has 1 heterocycles. The van der Waals surface area contributed by atoms with Crippen molar-refractivity contribution in [2.75, 3.05) is 0 Å². The highest BCUT2D eigenvalue weighted by Crippen LogP contribution is 2.39. The van der Waals surface area contributed by atoms with Gasteiger partial charge in [-0.05, 0) is 28.9 Å². The molecule has 5 heteroatoms. The van der Waals surface area contributed by atoms with Crippen molar-refractivity contribution in [3.05, 3.63) is 59.7 Å². The average molecular weight is 277 g/mol. The summed E-state index contributed by atoms with van der Waals surface area (Å²) < 4.78 is 39.9. The number of fused-ring (bicyclic) bond motifs is 1. The number of rotatable bonds is 1. The summed E-state index contributed by atoms with van der Waals surface area (Å²) in [6.07, 6.45) is -4.35. The van der Waals surface area contributed by atoms with Crippen molar-refractivity contribution in [1.82, 2.24) is 4.70 Å². The van der Waals surface area contributed by atoms with Gasteiger partial charge in [0.1, 0.15) is 6.04 Å². The van der Waals surface area contributed by atoms with Crippen molar-refractivity contribution < 1.29 is 13.2 Å². The monoisotopic (exact) mass is 277 g/mol. The van der Waals surface area contributed by atoms with Crippen LogP contribution in [0.2, 0.25) is 0 Å². The Morgan fingerprint density at radius 3 is 2.55 bits per heavy atom. The number of azo groups is 2. The third kappa shape index (κ3) is 2.09. The van der Waals surface area contributed by atoms with Gasteiger partial charge in [-0.25, -0.2) is 0 Å². The topological polar surface area (TPSA) is 15.4 Å². The van der Waals surface area contributed by atoms with E-state index in [-0.39, 0.29) is 6.04 Å². The minimum atomic E-state index is -4.35. The smallest absolute Gasteiger partial charge is 0.166 e. The second kappa shape index (κ2) is 4.44. The standard InChI is InChI=1S/C15H12F3N2/c1-10-13-7-2-3-8-14(13)20(19-10)12-6-4-5-11(9-12)15(16,17)18/h2-10H,1H3/q+1. The summed E-state index contributed by atoms with van der Waals surface area (Å²) in [5, 5.41) is 4.42. The third-order valence-electron chi connectivity index (χ3n) is 3.32. The van der Waals surface area contributed by atoms with Crippen LogP contribution in [0.4, 0.5) is 24.5 Å². The predicted octanol–water partition coefficient (Wildman–Crippen LogP) is 5.07. The molecule has 0 saturated heterocycles. The van der Waals surface area contributed by atoms with Crippen LogP contribution < -0.4 is 4.70 Å². The van der Waals surface area contributed by atoms with Gasteiger partial charge in [0, 0.05) is 18.2 Å². The molecule has 2 aromatic rings. The van der Waals surface area contributed by atoms with E-state index in [1.54, 1.807) is 10.8 Å². The zero-order valence-electron chi connectivity index (χ0n) is 10.7. The lowest BCUT2D eigenvalue weighted by Gasteiger charge is -2.05. The van der Waals surface area contributed by atoms with Gasteiger partial charge >= 0.3 is 6.18 Å². The second-order valence-electron chi connectivity index (χ2n) is 4.71. The van der Waals surface area contributed by atoms with Crippen LogP contribution in [0.3, 0.4) is 0 Å². The van der Waals surface area contributed by atoms with Crippen LogP contribution in [-0.2, 0) is 6.18 Å². The number of halogens is 3. The Kier molecular flexibility index (Phi) is 2.85. The van der Waals surface area contributed by atoms with E-state index in [1.807, 2.05) is 31.2 Å². The first kappa shape index (κ1) is 12.8. The number of hydrogen-bond donors (Lipinski definition) is 0. The molecule has 1 aliphatic rings. The quantitative estimate of drug-likeness (QED) is 0.647. The number of nitrogens with zero attached hydrogens (tertiary/aromatic N) is 2. The van der Waals surface area contributed by atoms with Crippen LogP contribution in [0.1, 0.15) is 24.1 Å². The highest BCUT2D eigenvalue weighted by molar-refractivity contribution is 5.58. The van der Waals surface area contributed by atoms with Crippen LogP contribution in [0, 0.1) is 0 Å². The fourth-order valence-electron chi connectivity index (χ4n) is 2.35. The summed E-state index contributed by atoms with van der Waals surface area (Å²) in [7, 11) is 0. The zero-order chi connectivity index (χ0) is 14.3. The van der Waals surface area contributed by atoms with Crippen LogP contribution in [0.25, 0.3) is 0 Å². The Labute approximate surface area is 114 Å². The summed E-state index contributed by atoms with van der Waals surface area (Å²) >= 11 is 0. The molecule has 1 aliphatic heterocycles. The van der Waals surface area contributed by atoms with Gasteiger partial charge in [-0.1, -0.05) is 18.2 Å². The van der Waals surface area contributed by atoms with Gasteiger partial charge < -0.3 is 0 Å². The molecule has 2 aromatic carbocycles. The normalized spacial score (nSPS) is 17.8. The van der Waals surface area contributed by atoms with Crippen LogP contribution in [-0.4, -0.2) is 0 Å². The average Bonchev–Trinajstić information content (AvgIpc) is 2.76. The van der Waals surface area contributed by atoms with Crippen molar-refractivity contribution in [3.8, 4) is 0 Å². The second-order valence-corrected chi connectivity index (χ2v) is 4.71. The molecule has 0 aromatic heterocycles. The summed E-state index contributed by atoms with van der Waals surface area (Å²) in [5.41, 5.74) is 1.61. The molecule has 0 N–H and O–H groups in total. The highest BCUT2D eigenvalue weighted by atomic mass is 19.4. The maximum Gasteiger partial charge on any atom is 0.416 e. The Morgan fingerprint density at radius 1 is 1.05 bits per heavy atom. The fourth-order valence-corrected chi connectivity index (χ4v) is 2.35. The van der Waals surface area contributed by atoms with Gasteiger partial charge in [0.15, 0.2) is 0 Å². The minimum Gasteiger partial charge on any atom is -0.166 e. The van der Waals surface area contributed by atoms with Gasteiger partial charge in [0.05, 0.1) is 11.1 Å². The van der Waals surface area contributed by atoms with E-state index in [0.717, 1.165) is 23.4 Å². The van der Waals surface area contributed by atoms with Crippen LogP contribution in [0.15, 0.2) is 53.6 Å². The van der Waals surface area contributed by atoms with Crippen molar-refractivity contribution in [3.63, 3.8) is 0 Å². The lowest BCUT2D eigenvalue weighted by molar-refractivity contribution is -0.137. The van der Waals surface area contributed by atoms with E-state index in [4.69, 9.17) is 0 Å². The predicted molar refractivity (Wildman–Crippen MR) is 70.2 cm³/mol. The SMILES string of the molecule is CC1N=[N+](c2cccc(C(F)(F)F)c2)c2ccccc21. The molecule has 0 fully saturated rings. The molecule has 0 saturated carbocycles.